The number of nitrogens with zero attached hydrogens (tertiary/aromatic N) is 2. The van der Waals surface area contributed by atoms with Crippen LogP contribution in [0.25, 0.3) is 0 Å². The lowest BCUT2D eigenvalue weighted by Gasteiger charge is -2.26. The minimum Gasteiger partial charge on any atom is -0.298 e. The van der Waals surface area contributed by atoms with Gasteiger partial charge in [0.1, 0.15) is 5.92 Å². The molecule has 2 aliphatic rings. The summed E-state index contributed by atoms with van der Waals surface area (Å²) in [7, 11) is 0. The molecule has 5 nitrogen and oxygen atoms in total. The van der Waals surface area contributed by atoms with Gasteiger partial charge in [0.2, 0.25) is 0 Å². The number of hydrogen-bond acceptors (Lipinski definition) is 4. The number of carbonyl (C=O) groups excluding carboxylic acids is 3. The fourth-order valence-electron chi connectivity index (χ4n) is 3.83. The van der Waals surface area contributed by atoms with E-state index in [9.17, 15) is 14.4 Å². The minimum absolute atomic E-state index is 0.0415. The van der Waals surface area contributed by atoms with Crippen LogP contribution in [-0.2, 0) is 20.9 Å². The average molecular weight is 316 g/mol. The smallest absolute Gasteiger partial charge is 0.153 e. The highest BCUT2D eigenvalue weighted by molar-refractivity contribution is 6.21. The molecule has 0 bridgehead atoms. The molecule has 0 atom stereocenters. The van der Waals surface area contributed by atoms with Crippen LogP contribution in [-0.4, -0.2) is 27.1 Å². The molecule has 0 radical (unpaired) electrons. The first kappa shape index (κ1) is 16.1. The Hall–Kier alpha value is -1.78. The van der Waals surface area contributed by atoms with Gasteiger partial charge in [0.25, 0.3) is 0 Å². The van der Waals surface area contributed by atoms with E-state index in [4.69, 9.17) is 0 Å². The molecule has 0 spiro atoms. The largest absolute Gasteiger partial charge is 0.298 e. The predicted octanol–water partition coefficient (Wildman–Crippen LogP) is 2.52. The fourth-order valence-corrected chi connectivity index (χ4v) is 3.83. The molecule has 1 aromatic heterocycles. The lowest BCUT2D eigenvalue weighted by molar-refractivity contribution is -0.143. The Morgan fingerprint density at radius 1 is 1.17 bits per heavy atom. The summed E-state index contributed by atoms with van der Waals surface area (Å²) in [6, 6.07) is 0. The van der Waals surface area contributed by atoms with Gasteiger partial charge in [-0.25, -0.2) is 0 Å². The van der Waals surface area contributed by atoms with Gasteiger partial charge in [-0.1, -0.05) is 6.92 Å². The van der Waals surface area contributed by atoms with Crippen molar-refractivity contribution in [2.24, 2.45) is 11.8 Å². The third-order valence-corrected chi connectivity index (χ3v) is 5.08. The molecule has 1 heterocycles. The van der Waals surface area contributed by atoms with Gasteiger partial charge in [-0.15, -0.1) is 0 Å². The lowest BCUT2D eigenvalue weighted by atomic mass is 9.74. The third-order valence-electron chi connectivity index (χ3n) is 5.08. The summed E-state index contributed by atoms with van der Waals surface area (Å²) in [5.41, 5.74) is 2.97. The zero-order valence-corrected chi connectivity index (χ0v) is 14.1. The maximum atomic E-state index is 12.4. The summed E-state index contributed by atoms with van der Waals surface area (Å²) in [5.74, 6) is -1.65. The molecule has 0 aliphatic heterocycles. The van der Waals surface area contributed by atoms with Crippen LogP contribution in [0.5, 0.6) is 0 Å². The Morgan fingerprint density at radius 3 is 2.30 bits per heavy atom. The second-order valence-electron chi connectivity index (χ2n) is 6.96. The van der Waals surface area contributed by atoms with E-state index in [1.54, 1.807) is 0 Å². The summed E-state index contributed by atoms with van der Waals surface area (Å²) in [6.07, 6.45) is 3.23. The second-order valence-corrected chi connectivity index (χ2v) is 6.96. The van der Waals surface area contributed by atoms with Crippen molar-refractivity contribution in [1.29, 1.82) is 0 Å². The monoisotopic (exact) mass is 316 g/mol. The summed E-state index contributed by atoms with van der Waals surface area (Å²) in [6.45, 7) is 6.87. The number of rotatable bonds is 5. The van der Waals surface area contributed by atoms with E-state index in [0.717, 1.165) is 42.8 Å². The summed E-state index contributed by atoms with van der Waals surface area (Å²) < 4.78 is 1.96. The molecule has 0 amide bonds. The van der Waals surface area contributed by atoms with Crippen LogP contribution < -0.4 is 0 Å². The van der Waals surface area contributed by atoms with E-state index in [1.165, 1.54) is 0 Å². The van der Waals surface area contributed by atoms with Crippen LogP contribution in [0.4, 0.5) is 0 Å². The van der Waals surface area contributed by atoms with Gasteiger partial charge in [0.05, 0.1) is 5.69 Å². The molecule has 0 unspecified atom stereocenters. The lowest BCUT2D eigenvalue weighted by Crippen LogP contribution is -2.39. The van der Waals surface area contributed by atoms with E-state index in [2.05, 4.69) is 12.0 Å². The van der Waals surface area contributed by atoms with Crippen molar-refractivity contribution in [3.63, 3.8) is 0 Å². The molecule has 2 saturated carbocycles. The van der Waals surface area contributed by atoms with Crippen molar-refractivity contribution >= 4 is 17.3 Å². The molecule has 3 rings (SSSR count). The standard InChI is InChI=1S/C18H24N2O3/c1-4-7-20-11(3)16(10(2)19-20)13-8-14(21)17(15(22)9-13)18(23)12-5-6-12/h12-13,17H,4-9H2,1-3H3. The molecule has 2 aliphatic carbocycles. The van der Waals surface area contributed by atoms with Crippen LogP contribution >= 0.6 is 0 Å². The fraction of sp³-hybridized carbons (Fsp3) is 0.667. The number of Topliss-reactive ketones (excluding diaryl/α,β-unsaturated/α-hetero) is 3. The third kappa shape index (κ3) is 2.89. The van der Waals surface area contributed by atoms with E-state index >= 15 is 0 Å². The zero-order valence-electron chi connectivity index (χ0n) is 14.1. The number of hydrogen-bond donors (Lipinski definition) is 0. The van der Waals surface area contributed by atoms with E-state index < -0.39 is 5.92 Å². The second kappa shape index (κ2) is 6.02. The molecule has 0 aromatic carbocycles. The maximum absolute atomic E-state index is 12.4. The number of carbonyl (C=O) groups is 3. The Bertz CT molecular complexity index is 652. The highest BCUT2D eigenvalue weighted by Crippen LogP contribution is 2.39. The van der Waals surface area contributed by atoms with Crippen LogP contribution in [0.15, 0.2) is 0 Å². The highest BCUT2D eigenvalue weighted by Gasteiger charge is 2.46. The number of aromatic nitrogens is 2. The van der Waals surface area contributed by atoms with Crippen molar-refractivity contribution in [2.75, 3.05) is 0 Å². The van der Waals surface area contributed by atoms with Crippen LogP contribution in [0.2, 0.25) is 0 Å². The highest BCUT2D eigenvalue weighted by atomic mass is 16.2. The average Bonchev–Trinajstić information content (AvgIpc) is 3.26. The molecule has 5 heteroatoms. The van der Waals surface area contributed by atoms with Gasteiger partial charge in [-0.05, 0) is 38.7 Å². The van der Waals surface area contributed by atoms with Crippen molar-refractivity contribution in [3.05, 3.63) is 17.0 Å². The molecule has 0 saturated heterocycles. The van der Waals surface area contributed by atoms with Gasteiger partial charge >= 0.3 is 0 Å². The van der Waals surface area contributed by atoms with Crippen molar-refractivity contribution in [1.82, 2.24) is 9.78 Å². The van der Waals surface area contributed by atoms with Gasteiger partial charge < -0.3 is 0 Å². The normalized spacial score (nSPS) is 25.0. The molecule has 124 valence electrons. The van der Waals surface area contributed by atoms with E-state index in [-0.39, 0.29) is 42.0 Å². The first-order chi connectivity index (χ1) is 10.9. The van der Waals surface area contributed by atoms with Crippen molar-refractivity contribution in [3.8, 4) is 0 Å². The molecule has 2 fully saturated rings. The van der Waals surface area contributed by atoms with Gasteiger partial charge in [0.15, 0.2) is 17.3 Å². The predicted molar refractivity (Wildman–Crippen MR) is 85.2 cm³/mol. The zero-order chi connectivity index (χ0) is 16.7. The SMILES string of the molecule is CCCn1nc(C)c(C2CC(=O)C(C(=O)C3CC3)C(=O)C2)c1C. The molecular formula is C18H24N2O3. The minimum atomic E-state index is -0.981. The maximum Gasteiger partial charge on any atom is 0.153 e. The van der Waals surface area contributed by atoms with Gasteiger partial charge in [-0.2, -0.15) is 5.10 Å². The van der Waals surface area contributed by atoms with E-state index in [0.29, 0.717) is 0 Å². The summed E-state index contributed by atoms with van der Waals surface area (Å²) in [5, 5.41) is 4.54. The first-order valence-electron chi connectivity index (χ1n) is 8.57. The molecule has 23 heavy (non-hydrogen) atoms. The van der Waals surface area contributed by atoms with E-state index in [1.807, 2.05) is 18.5 Å². The molecule has 0 N–H and O–H groups in total. The van der Waals surface area contributed by atoms with Gasteiger partial charge in [-0.3, -0.25) is 19.1 Å². The number of aryl methyl sites for hydroxylation is 2. The Labute approximate surface area is 136 Å². The molecular weight excluding hydrogens is 292 g/mol. The number of ketones is 3. The van der Waals surface area contributed by atoms with Crippen LogP contribution in [0, 0.1) is 25.7 Å². The van der Waals surface area contributed by atoms with Crippen LogP contribution in [0.1, 0.15) is 61.9 Å². The quantitative estimate of drug-likeness (QED) is 0.783. The molecule has 1 aromatic rings. The Kier molecular flexibility index (Phi) is 4.21. The van der Waals surface area contributed by atoms with Crippen molar-refractivity contribution in [2.45, 2.75) is 65.3 Å². The van der Waals surface area contributed by atoms with Gasteiger partial charge in [0, 0.05) is 36.9 Å². The summed E-state index contributed by atoms with van der Waals surface area (Å²) in [4.78, 5) is 37.1. The summed E-state index contributed by atoms with van der Waals surface area (Å²) >= 11 is 0. The Morgan fingerprint density at radius 2 is 1.78 bits per heavy atom. The topological polar surface area (TPSA) is 69.0 Å². The Balaban J connectivity index is 1.83. The first-order valence-corrected chi connectivity index (χ1v) is 8.57. The van der Waals surface area contributed by atoms with Crippen molar-refractivity contribution < 1.29 is 14.4 Å². The van der Waals surface area contributed by atoms with Crippen LogP contribution in [0.3, 0.4) is 0 Å².